The van der Waals surface area contributed by atoms with Crippen molar-refractivity contribution in [2.75, 3.05) is 12.6 Å². The molecule has 0 bridgehead atoms. The average Bonchev–Trinajstić information content (AvgIpc) is 2.63. The predicted octanol–water partition coefficient (Wildman–Crippen LogP) is 4.16. The first-order chi connectivity index (χ1) is 13.3. The summed E-state index contributed by atoms with van der Waals surface area (Å²) in [6, 6.07) is 14.2. The molecule has 0 aliphatic heterocycles. The summed E-state index contributed by atoms with van der Waals surface area (Å²) >= 11 is 0. The Hall–Kier alpha value is -2.54. The van der Waals surface area contributed by atoms with E-state index in [0.717, 1.165) is 0 Å². The number of hydrogen-bond acceptors (Lipinski definition) is 7. The fourth-order valence-electron chi connectivity index (χ4n) is 2.16. The van der Waals surface area contributed by atoms with Gasteiger partial charge in [0.1, 0.15) is 17.5 Å². The Kier molecular flexibility index (Phi) is 7.87. The van der Waals surface area contributed by atoms with Gasteiger partial charge in [-0.25, -0.2) is 4.57 Å². The molecule has 0 amide bonds. The quantitative estimate of drug-likeness (QED) is 0.344. The zero-order valence-electron chi connectivity index (χ0n) is 16.2. The van der Waals surface area contributed by atoms with Crippen LogP contribution in [0.25, 0.3) is 0 Å². The van der Waals surface area contributed by atoms with Gasteiger partial charge in [0.05, 0.1) is 18.9 Å². The fraction of sp³-hybridized carbons (Fsp3) is 0.316. The van der Waals surface area contributed by atoms with E-state index in [1.54, 1.807) is 68.4 Å². The molecule has 0 aliphatic carbocycles. The molecule has 2 rings (SSSR count). The number of hydrogen-bond donors (Lipinski definition) is 2. The minimum atomic E-state index is -3.95. The second kappa shape index (κ2) is 10.1. The number of benzene rings is 2. The number of anilines is 1. The first-order valence-corrected chi connectivity index (χ1v) is 10.3. The van der Waals surface area contributed by atoms with Gasteiger partial charge in [0, 0.05) is 0 Å². The molecule has 2 aromatic rings. The van der Waals surface area contributed by atoms with E-state index >= 15 is 0 Å². The molecule has 0 saturated heterocycles. The van der Waals surface area contributed by atoms with Crippen LogP contribution in [0.15, 0.2) is 54.6 Å². The molecule has 0 fully saturated rings. The summed E-state index contributed by atoms with van der Waals surface area (Å²) in [7, 11) is -2.46. The van der Waals surface area contributed by atoms with Crippen LogP contribution in [-0.4, -0.2) is 25.2 Å². The van der Waals surface area contributed by atoms with Crippen molar-refractivity contribution in [2.45, 2.75) is 32.9 Å². The van der Waals surface area contributed by atoms with Crippen LogP contribution in [0.1, 0.15) is 20.8 Å². The van der Waals surface area contributed by atoms with Crippen LogP contribution in [0.2, 0.25) is 0 Å². The van der Waals surface area contributed by atoms with Gasteiger partial charge in [0.2, 0.25) is 0 Å². The highest BCUT2D eigenvalue weighted by atomic mass is 31.2. The zero-order valence-corrected chi connectivity index (χ0v) is 17.1. The van der Waals surface area contributed by atoms with E-state index in [9.17, 15) is 9.36 Å². The van der Waals surface area contributed by atoms with E-state index in [2.05, 4.69) is 10.6 Å². The van der Waals surface area contributed by atoms with Crippen LogP contribution in [0.5, 0.6) is 11.5 Å². The van der Waals surface area contributed by atoms with Crippen molar-refractivity contribution < 1.29 is 28.0 Å². The number of esters is 1. The number of carbonyl (C=O) groups excluding carboxylic acids is 1. The molecule has 0 heterocycles. The Morgan fingerprint density at radius 3 is 2.04 bits per heavy atom. The Bertz CT molecular complexity index is 798. The molecule has 0 saturated carbocycles. The molecule has 28 heavy (non-hydrogen) atoms. The third-order valence-electron chi connectivity index (χ3n) is 3.33. The minimum absolute atomic E-state index is 0.290. The van der Waals surface area contributed by atoms with Crippen LogP contribution >= 0.6 is 7.75 Å². The highest BCUT2D eigenvalue weighted by molar-refractivity contribution is 7.52. The van der Waals surface area contributed by atoms with Gasteiger partial charge in [0.15, 0.2) is 0 Å². The maximum absolute atomic E-state index is 13.4. The van der Waals surface area contributed by atoms with Gasteiger partial charge in [0.25, 0.3) is 0 Å². The molecular formula is C19H25N2O6P. The van der Waals surface area contributed by atoms with Gasteiger partial charge in [-0.1, -0.05) is 18.2 Å². The Morgan fingerprint density at radius 1 is 0.929 bits per heavy atom. The summed E-state index contributed by atoms with van der Waals surface area (Å²) in [5.74, 6) is 0.0633. The summed E-state index contributed by atoms with van der Waals surface area (Å²) in [5, 5.41) is 2.63. The normalized spacial score (nSPS) is 14.0. The van der Waals surface area contributed by atoms with Crippen molar-refractivity contribution in [1.82, 2.24) is 5.09 Å². The van der Waals surface area contributed by atoms with Crippen molar-refractivity contribution in [3.8, 4) is 11.5 Å². The summed E-state index contributed by atoms with van der Waals surface area (Å²) in [6.45, 7) is 4.99. The van der Waals surface area contributed by atoms with Gasteiger partial charge in [-0.3, -0.25) is 15.1 Å². The van der Waals surface area contributed by atoms with Gasteiger partial charge < -0.3 is 13.8 Å². The third kappa shape index (κ3) is 6.88. The fourth-order valence-corrected chi connectivity index (χ4v) is 3.68. The molecule has 0 aliphatic rings. The van der Waals surface area contributed by atoms with Crippen LogP contribution < -0.4 is 19.6 Å². The van der Waals surface area contributed by atoms with Gasteiger partial charge in [-0.15, -0.1) is 0 Å². The van der Waals surface area contributed by atoms with E-state index in [0.29, 0.717) is 11.4 Å². The van der Waals surface area contributed by atoms with Crippen molar-refractivity contribution >= 4 is 19.4 Å². The maximum Gasteiger partial charge on any atom is 0.513 e. The molecule has 0 unspecified atom stereocenters. The molecule has 0 aromatic heterocycles. The van der Waals surface area contributed by atoms with Crippen LogP contribution in [0.4, 0.5) is 5.69 Å². The Balaban J connectivity index is 2.20. The minimum Gasteiger partial charge on any atom is -0.462 e. The van der Waals surface area contributed by atoms with E-state index in [1.165, 1.54) is 14.0 Å². The number of ether oxygens (including phenoxy) is 1. The number of para-hydroxylation sites is 1. The molecule has 0 spiro atoms. The molecular weight excluding hydrogens is 383 g/mol. The van der Waals surface area contributed by atoms with Crippen molar-refractivity contribution in [1.29, 1.82) is 0 Å². The van der Waals surface area contributed by atoms with Gasteiger partial charge in [-0.2, -0.15) is 5.09 Å². The van der Waals surface area contributed by atoms with Crippen LogP contribution in [0, 0.1) is 0 Å². The second-order valence-electron chi connectivity index (χ2n) is 6.16. The first kappa shape index (κ1) is 21.8. The lowest BCUT2D eigenvalue weighted by molar-refractivity contribution is -0.149. The largest absolute Gasteiger partial charge is 0.513 e. The lowest BCUT2D eigenvalue weighted by Crippen LogP contribution is -2.36. The van der Waals surface area contributed by atoms with Crippen molar-refractivity contribution in [2.24, 2.45) is 0 Å². The summed E-state index contributed by atoms with van der Waals surface area (Å²) in [5.41, 5.74) is 3.36. The highest BCUT2D eigenvalue weighted by Crippen LogP contribution is 2.45. The predicted molar refractivity (Wildman–Crippen MR) is 106 cm³/mol. The Morgan fingerprint density at radius 2 is 1.50 bits per heavy atom. The summed E-state index contributed by atoms with van der Waals surface area (Å²) in [6.07, 6.45) is -0.298. The monoisotopic (exact) mass is 408 g/mol. The topological polar surface area (TPSA) is 95.1 Å². The van der Waals surface area contributed by atoms with Crippen molar-refractivity contribution in [3.05, 3.63) is 54.6 Å². The number of rotatable bonds is 10. The van der Waals surface area contributed by atoms with Crippen LogP contribution in [0.3, 0.4) is 0 Å². The molecule has 2 atom stereocenters. The maximum atomic E-state index is 13.4. The van der Waals surface area contributed by atoms with E-state index in [-0.39, 0.29) is 11.9 Å². The smallest absolute Gasteiger partial charge is 0.462 e. The van der Waals surface area contributed by atoms with E-state index < -0.39 is 19.8 Å². The highest BCUT2D eigenvalue weighted by Gasteiger charge is 2.34. The Labute approximate surface area is 164 Å². The SMILES string of the molecule is CONc1ccc(O[P@@](=O)(N[C@@H](C)C(=O)OC(C)C)Oc2ccccc2)cc1. The zero-order chi connectivity index (χ0) is 20.6. The molecule has 2 aromatic carbocycles. The summed E-state index contributed by atoms with van der Waals surface area (Å²) < 4.78 is 29.7. The molecule has 2 N–H and O–H groups in total. The lowest BCUT2D eigenvalue weighted by Gasteiger charge is -2.23. The van der Waals surface area contributed by atoms with Crippen molar-refractivity contribution in [3.63, 3.8) is 0 Å². The molecule has 9 heteroatoms. The van der Waals surface area contributed by atoms with E-state index in [4.69, 9.17) is 18.6 Å². The molecule has 8 nitrogen and oxygen atoms in total. The van der Waals surface area contributed by atoms with E-state index in [1.807, 2.05) is 0 Å². The third-order valence-corrected chi connectivity index (χ3v) is 4.93. The summed E-state index contributed by atoms with van der Waals surface area (Å²) in [4.78, 5) is 16.9. The second-order valence-corrected chi connectivity index (χ2v) is 7.78. The van der Waals surface area contributed by atoms with Gasteiger partial charge >= 0.3 is 13.7 Å². The standard InChI is InChI=1S/C19H25N2O6P/c1-14(2)25-19(22)15(3)21-28(23,26-17-8-6-5-7-9-17)27-18-12-10-16(11-13-18)20-24-4/h5-15,20H,1-4H3,(H,21,23)/t15-,28+/m0/s1. The number of carbonyl (C=O) groups is 1. The van der Waals surface area contributed by atoms with Gasteiger partial charge in [-0.05, 0) is 57.2 Å². The lowest BCUT2D eigenvalue weighted by atomic mass is 10.3. The molecule has 152 valence electrons. The first-order valence-electron chi connectivity index (χ1n) is 8.73. The number of nitrogens with one attached hydrogen (secondary N) is 2. The molecule has 0 radical (unpaired) electrons. The van der Waals surface area contributed by atoms with Crippen LogP contribution in [-0.2, 0) is 18.9 Å². The average molecular weight is 408 g/mol.